The van der Waals surface area contributed by atoms with E-state index < -0.39 is 10.8 Å². The topological polar surface area (TPSA) is 64.8 Å². The third-order valence-electron chi connectivity index (χ3n) is 12.7. The quantitative estimate of drug-likeness (QED) is 0.213. The summed E-state index contributed by atoms with van der Waals surface area (Å²) in [5, 5.41) is 0. The van der Waals surface area contributed by atoms with Gasteiger partial charge in [-0.2, -0.15) is 0 Å². The Morgan fingerprint density at radius 3 is 2.33 bits per heavy atom. The van der Waals surface area contributed by atoms with E-state index in [4.69, 9.17) is 11.3 Å². The van der Waals surface area contributed by atoms with Crippen LogP contribution >= 0.6 is 0 Å². The molecule has 0 N–H and O–H groups in total. The molecule has 0 bridgehead atoms. The Morgan fingerprint density at radius 2 is 1.69 bits per heavy atom. The van der Waals surface area contributed by atoms with Crippen LogP contribution in [0.15, 0.2) is 35.6 Å². The number of esters is 1. The van der Waals surface area contributed by atoms with Crippen molar-refractivity contribution in [1.29, 1.82) is 0 Å². The van der Waals surface area contributed by atoms with E-state index in [0.29, 0.717) is 0 Å². The molecule has 0 aromatic carbocycles. The van der Waals surface area contributed by atoms with Crippen LogP contribution in [0.5, 0.6) is 0 Å². The fraction of sp³-hybridized carbons (Fsp3) is 0.706. The largest absolute Gasteiger partial charge is 0.466 e. The zero-order chi connectivity index (χ0) is 28.8. The summed E-state index contributed by atoms with van der Waals surface area (Å²) in [7, 11) is 1.41. The van der Waals surface area contributed by atoms with Crippen molar-refractivity contribution in [2.45, 2.75) is 93.4 Å². The molecule has 0 unspecified atom stereocenters. The SMILES string of the molecule is [C-]#[N+]C1=C[C@]2(C)C3=CC(=O)[C@@H]4[C@@H]5CC(C)(C)CC[C@]5(/C=C/C(=O)OC)CC[C@@]4(C)[C@]3(C)CC[C@H]2C(C)(C)C1=O. The predicted molar refractivity (Wildman–Crippen MR) is 151 cm³/mol. The third kappa shape index (κ3) is 3.65. The van der Waals surface area contributed by atoms with Gasteiger partial charge in [-0.25, -0.2) is 9.64 Å². The molecule has 3 fully saturated rings. The molecular weight excluding hydrogens is 486 g/mol. The molecule has 0 aromatic rings. The number of fused-ring (bicyclic) bond motifs is 7. The van der Waals surface area contributed by atoms with Crippen molar-refractivity contribution in [1.82, 2.24) is 0 Å². The Bertz CT molecular complexity index is 1280. The Morgan fingerprint density at radius 1 is 1.03 bits per heavy atom. The van der Waals surface area contributed by atoms with Crippen LogP contribution in [0.4, 0.5) is 0 Å². The van der Waals surface area contributed by atoms with Crippen molar-refractivity contribution >= 4 is 17.5 Å². The summed E-state index contributed by atoms with van der Waals surface area (Å²) in [5.41, 5.74) is -0.363. The average Bonchev–Trinajstić information content (AvgIpc) is 2.86. The van der Waals surface area contributed by atoms with Crippen molar-refractivity contribution in [2.24, 2.45) is 50.2 Å². The molecule has 0 radical (unpaired) electrons. The van der Waals surface area contributed by atoms with Gasteiger partial charge in [-0.05, 0) is 84.5 Å². The highest BCUT2D eigenvalue weighted by atomic mass is 16.5. The summed E-state index contributed by atoms with van der Waals surface area (Å²) in [6, 6.07) is 0. The van der Waals surface area contributed by atoms with Gasteiger partial charge in [0, 0.05) is 22.8 Å². The van der Waals surface area contributed by atoms with Crippen molar-refractivity contribution < 1.29 is 19.1 Å². The van der Waals surface area contributed by atoms with Gasteiger partial charge < -0.3 is 9.53 Å². The Hall–Kier alpha value is -2.48. The normalized spacial score (nSPS) is 44.1. The van der Waals surface area contributed by atoms with Gasteiger partial charge in [0.2, 0.25) is 5.70 Å². The second-order valence-electron chi connectivity index (χ2n) is 15.3. The second-order valence-corrected chi connectivity index (χ2v) is 15.3. The highest BCUT2D eigenvalue weighted by Gasteiger charge is 2.69. The standard InChI is InChI=1S/C34H45NO4/c1-29(2)14-16-34(13-11-26(37)39-9)17-15-33(7)27(21(34)19-29)23(36)18-25-31(5)20-22(35-8)28(38)30(3,4)24(31)10-12-32(25,33)6/h11,13,18,20-21,24,27H,10,12,14-17,19H2,1-7,9H3/b13-11+/t21-,24-,27-,31-,32+,33+,34+/m0/s1. The monoisotopic (exact) mass is 531 g/mol. The molecule has 5 aliphatic rings. The van der Waals surface area contributed by atoms with Gasteiger partial charge in [-0.15, -0.1) is 0 Å². The number of ether oxygens (including phenoxy) is 1. The molecule has 5 rings (SSSR count). The maximum atomic E-state index is 14.5. The molecule has 0 saturated heterocycles. The van der Waals surface area contributed by atoms with Crippen LogP contribution in [0.25, 0.3) is 4.85 Å². The Kier molecular flexibility index (Phi) is 6.12. The third-order valence-corrected chi connectivity index (χ3v) is 12.7. The molecule has 0 heterocycles. The fourth-order valence-corrected chi connectivity index (χ4v) is 10.2. The van der Waals surface area contributed by atoms with E-state index >= 15 is 0 Å². The molecule has 0 aromatic heterocycles. The predicted octanol–water partition coefficient (Wildman–Crippen LogP) is 7.29. The summed E-state index contributed by atoms with van der Waals surface area (Å²) in [6.45, 7) is 23.2. The van der Waals surface area contributed by atoms with E-state index in [0.717, 1.165) is 50.5 Å². The van der Waals surface area contributed by atoms with Gasteiger partial charge >= 0.3 is 5.97 Å². The number of carbonyl (C=O) groups is 3. The van der Waals surface area contributed by atoms with Gasteiger partial charge in [-0.3, -0.25) is 4.79 Å². The van der Waals surface area contributed by atoms with Crippen LogP contribution in [0, 0.1) is 56.8 Å². The molecule has 5 heteroatoms. The van der Waals surface area contributed by atoms with Crippen molar-refractivity contribution in [2.75, 3.05) is 7.11 Å². The van der Waals surface area contributed by atoms with E-state index in [1.54, 1.807) is 6.08 Å². The lowest BCUT2D eigenvalue weighted by atomic mass is 9.34. The number of carbonyl (C=O) groups excluding carboxylic acids is 3. The molecule has 7 atom stereocenters. The lowest BCUT2D eigenvalue weighted by Gasteiger charge is -2.69. The maximum absolute atomic E-state index is 14.5. The lowest BCUT2D eigenvalue weighted by Crippen LogP contribution is -2.64. The van der Waals surface area contributed by atoms with Crippen LogP contribution in [0.3, 0.4) is 0 Å². The van der Waals surface area contributed by atoms with Crippen LogP contribution in [0.2, 0.25) is 0 Å². The second kappa shape index (κ2) is 8.51. The van der Waals surface area contributed by atoms with Gasteiger partial charge in [0.25, 0.3) is 0 Å². The number of hydrogen-bond donors (Lipinski definition) is 0. The first kappa shape index (κ1) is 28.1. The molecule has 0 amide bonds. The number of methoxy groups -OCH3 is 1. The minimum Gasteiger partial charge on any atom is -0.466 e. The molecule has 39 heavy (non-hydrogen) atoms. The molecular formula is C34H45NO4. The van der Waals surface area contributed by atoms with Gasteiger partial charge in [0.05, 0.1) is 13.7 Å². The number of allylic oxidation sites excluding steroid dienone is 5. The number of ketones is 2. The van der Waals surface area contributed by atoms with E-state index in [-0.39, 0.29) is 62.6 Å². The van der Waals surface area contributed by atoms with Gasteiger partial charge in [0.15, 0.2) is 11.6 Å². The Labute approximate surface area is 234 Å². The maximum Gasteiger partial charge on any atom is 0.330 e. The van der Waals surface area contributed by atoms with Crippen molar-refractivity contribution in [3.05, 3.63) is 47.0 Å². The number of rotatable bonds is 2. The smallest absolute Gasteiger partial charge is 0.330 e. The van der Waals surface area contributed by atoms with Crippen LogP contribution in [-0.4, -0.2) is 24.6 Å². The van der Waals surface area contributed by atoms with Crippen molar-refractivity contribution in [3.8, 4) is 0 Å². The summed E-state index contributed by atoms with van der Waals surface area (Å²) >= 11 is 0. The summed E-state index contributed by atoms with van der Waals surface area (Å²) < 4.78 is 4.94. The number of nitrogens with zero attached hydrogens (tertiary/aromatic N) is 1. The number of hydrogen-bond acceptors (Lipinski definition) is 4. The average molecular weight is 532 g/mol. The highest BCUT2D eigenvalue weighted by Crippen LogP contribution is 2.74. The van der Waals surface area contributed by atoms with Crippen LogP contribution in [-0.2, 0) is 19.1 Å². The molecule has 0 spiro atoms. The molecule has 210 valence electrons. The van der Waals surface area contributed by atoms with Crippen LogP contribution in [0.1, 0.15) is 93.4 Å². The zero-order valence-corrected chi connectivity index (χ0v) is 25.1. The van der Waals surface area contributed by atoms with Crippen molar-refractivity contribution in [3.63, 3.8) is 0 Å². The molecule has 0 aliphatic heterocycles. The van der Waals surface area contributed by atoms with Gasteiger partial charge in [0.1, 0.15) is 0 Å². The zero-order valence-electron chi connectivity index (χ0n) is 25.1. The first-order chi connectivity index (χ1) is 18.0. The first-order valence-corrected chi connectivity index (χ1v) is 14.7. The minimum absolute atomic E-state index is 0.0505. The van der Waals surface area contributed by atoms with Crippen LogP contribution < -0.4 is 0 Å². The Balaban J connectivity index is 1.68. The summed E-state index contributed by atoms with van der Waals surface area (Å²) in [4.78, 5) is 43.6. The minimum atomic E-state index is -0.653. The van der Waals surface area contributed by atoms with E-state index in [1.807, 2.05) is 26.0 Å². The summed E-state index contributed by atoms with van der Waals surface area (Å²) in [5.74, 6) is -0.155. The van der Waals surface area contributed by atoms with E-state index in [1.165, 1.54) is 7.11 Å². The fourth-order valence-electron chi connectivity index (χ4n) is 10.2. The molecule has 3 saturated carbocycles. The summed E-state index contributed by atoms with van der Waals surface area (Å²) in [6.07, 6.45) is 14.2. The lowest BCUT2D eigenvalue weighted by molar-refractivity contribution is -0.164. The van der Waals surface area contributed by atoms with E-state index in [2.05, 4.69) is 45.5 Å². The number of Topliss-reactive ketones (excluding diaryl/α,β-unsaturated/α-hetero) is 1. The highest BCUT2D eigenvalue weighted by molar-refractivity contribution is 6.03. The molecule has 5 nitrogen and oxygen atoms in total. The van der Waals surface area contributed by atoms with Gasteiger partial charge in [-0.1, -0.05) is 66.2 Å². The first-order valence-electron chi connectivity index (χ1n) is 14.7. The van der Waals surface area contributed by atoms with E-state index in [9.17, 15) is 14.4 Å². The molecule has 5 aliphatic carbocycles.